The SMILES string of the molecule is Cc1nc(C2CN(C(=O)c3c(C)noc3C)CCO2)n[nH]1. The van der Waals surface area contributed by atoms with Crippen molar-refractivity contribution in [1.29, 1.82) is 0 Å². The topological polar surface area (TPSA) is 97.1 Å². The molecule has 0 aliphatic carbocycles. The minimum atomic E-state index is -0.312. The molecule has 3 rings (SSSR count). The van der Waals surface area contributed by atoms with Gasteiger partial charge < -0.3 is 14.2 Å². The molecule has 21 heavy (non-hydrogen) atoms. The first-order valence-corrected chi connectivity index (χ1v) is 6.79. The number of hydrogen-bond acceptors (Lipinski definition) is 6. The molecule has 1 atom stereocenters. The molecule has 2 aromatic rings. The predicted molar refractivity (Wildman–Crippen MR) is 71.7 cm³/mol. The molecule has 1 saturated heterocycles. The van der Waals surface area contributed by atoms with Gasteiger partial charge in [-0.3, -0.25) is 9.89 Å². The lowest BCUT2D eigenvalue weighted by atomic mass is 10.1. The van der Waals surface area contributed by atoms with Crippen LogP contribution in [0.3, 0.4) is 0 Å². The summed E-state index contributed by atoms with van der Waals surface area (Å²) in [7, 11) is 0. The Kier molecular flexibility index (Phi) is 3.46. The quantitative estimate of drug-likeness (QED) is 0.884. The Hall–Kier alpha value is -2.22. The number of hydrogen-bond donors (Lipinski definition) is 1. The number of ether oxygens (including phenoxy) is 1. The van der Waals surface area contributed by atoms with Crippen molar-refractivity contribution in [3.63, 3.8) is 0 Å². The van der Waals surface area contributed by atoms with Crippen molar-refractivity contribution in [3.8, 4) is 0 Å². The fraction of sp³-hybridized carbons (Fsp3) is 0.538. The molecular formula is C13H17N5O3. The van der Waals surface area contributed by atoms with Crippen LogP contribution in [0.2, 0.25) is 0 Å². The second-order valence-corrected chi connectivity index (χ2v) is 5.09. The Balaban J connectivity index is 1.78. The largest absolute Gasteiger partial charge is 0.366 e. The zero-order valence-corrected chi connectivity index (χ0v) is 12.2. The van der Waals surface area contributed by atoms with Crippen LogP contribution < -0.4 is 0 Å². The number of carbonyl (C=O) groups is 1. The van der Waals surface area contributed by atoms with Crippen LogP contribution in [-0.4, -0.2) is 50.8 Å². The van der Waals surface area contributed by atoms with E-state index in [9.17, 15) is 4.79 Å². The summed E-state index contributed by atoms with van der Waals surface area (Å²) in [5, 5.41) is 10.7. The molecule has 1 aliphatic heterocycles. The number of carbonyl (C=O) groups excluding carboxylic acids is 1. The van der Waals surface area contributed by atoms with Crippen molar-refractivity contribution in [2.24, 2.45) is 0 Å². The van der Waals surface area contributed by atoms with Crippen LogP contribution in [-0.2, 0) is 4.74 Å². The summed E-state index contributed by atoms with van der Waals surface area (Å²) in [4.78, 5) is 18.6. The molecule has 0 spiro atoms. The number of morpholine rings is 1. The molecule has 0 radical (unpaired) electrons. The predicted octanol–water partition coefficient (Wildman–Crippen LogP) is 0.932. The van der Waals surface area contributed by atoms with E-state index in [-0.39, 0.29) is 12.0 Å². The smallest absolute Gasteiger partial charge is 0.259 e. The molecule has 1 aliphatic rings. The van der Waals surface area contributed by atoms with Crippen LogP contribution in [0.5, 0.6) is 0 Å². The Morgan fingerprint density at radius 1 is 1.38 bits per heavy atom. The third kappa shape index (κ3) is 2.54. The van der Waals surface area contributed by atoms with Gasteiger partial charge in [-0.1, -0.05) is 5.16 Å². The number of aryl methyl sites for hydroxylation is 3. The van der Waals surface area contributed by atoms with E-state index in [2.05, 4.69) is 20.3 Å². The third-order valence-electron chi connectivity index (χ3n) is 3.50. The highest BCUT2D eigenvalue weighted by molar-refractivity contribution is 5.96. The summed E-state index contributed by atoms with van der Waals surface area (Å²) < 4.78 is 10.7. The second-order valence-electron chi connectivity index (χ2n) is 5.09. The van der Waals surface area contributed by atoms with Gasteiger partial charge in [-0.15, -0.1) is 0 Å². The van der Waals surface area contributed by atoms with E-state index in [0.29, 0.717) is 42.5 Å². The van der Waals surface area contributed by atoms with E-state index >= 15 is 0 Å². The molecule has 0 saturated carbocycles. The first kappa shape index (κ1) is 13.7. The Morgan fingerprint density at radius 3 is 2.81 bits per heavy atom. The maximum Gasteiger partial charge on any atom is 0.259 e. The standard InChI is InChI=1S/C13H17N5O3/c1-7-11(8(2)21-17-7)13(19)18-4-5-20-10(6-18)12-14-9(3)15-16-12/h10H,4-6H2,1-3H3,(H,14,15,16). The molecule has 2 aromatic heterocycles. The molecule has 1 amide bonds. The van der Waals surface area contributed by atoms with Gasteiger partial charge in [0, 0.05) is 6.54 Å². The van der Waals surface area contributed by atoms with Crippen LogP contribution in [0.4, 0.5) is 0 Å². The summed E-state index contributed by atoms with van der Waals surface area (Å²) in [5.41, 5.74) is 1.14. The van der Waals surface area contributed by atoms with Gasteiger partial charge in [-0.2, -0.15) is 5.10 Å². The van der Waals surface area contributed by atoms with Crippen molar-refractivity contribution >= 4 is 5.91 Å². The van der Waals surface area contributed by atoms with Crippen LogP contribution in [0.25, 0.3) is 0 Å². The minimum Gasteiger partial charge on any atom is -0.366 e. The number of nitrogens with one attached hydrogen (secondary N) is 1. The van der Waals surface area contributed by atoms with E-state index < -0.39 is 0 Å². The Labute approximate surface area is 121 Å². The lowest BCUT2D eigenvalue weighted by Crippen LogP contribution is -2.42. The molecule has 1 N–H and O–H groups in total. The first-order valence-electron chi connectivity index (χ1n) is 6.79. The maximum atomic E-state index is 12.6. The average Bonchev–Trinajstić information content (AvgIpc) is 3.05. The molecule has 112 valence electrons. The third-order valence-corrected chi connectivity index (χ3v) is 3.50. The monoisotopic (exact) mass is 291 g/mol. The van der Waals surface area contributed by atoms with Gasteiger partial charge in [0.15, 0.2) is 5.82 Å². The van der Waals surface area contributed by atoms with Gasteiger partial charge in [0.2, 0.25) is 0 Å². The zero-order valence-electron chi connectivity index (χ0n) is 12.2. The molecular weight excluding hydrogens is 274 g/mol. The number of nitrogens with zero attached hydrogens (tertiary/aromatic N) is 4. The van der Waals surface area contributed by atoms with Crippen LogP contribution >= 0.6 is 0 Å². The van der Waals surface area contributed by atoms with Gasteiger partial charge in [0.1, 0.15) is 23.3 Å². The summed E-state index contributed by atoms with van der Waals surface area (Å²) in [6, 6.07) is 0. The highest BCUT2D eigenvalue weighted by Crippen LogP contribution is 2.22. The fourth-order valence-corrected chi connectivity index (χ4v) is 2.44. The summed E-state index contributed by atoms with van der Waals surface area (Å²) in [6.07, 6.45) is -0.312. The van der Waals surface area contributed by atoms with Crippen LogP contribution in [0.1, 0.15) is 39.6 Å². The number of rotatable bonds is 2. The van der Waals surface area contributed by atoms with E-state index in [4.69, 9.17) is 9.26 Å². The first-order chi connectivity index (χ1) is 10.1. The van der Waals surface area contributed by atoms with Crippen molar-refractivity contribution in [1.82, 2.24) is 25.2 Å². The molecule has 8 heteroatoms. The number of amides is 1. The molecule has 3 heterocycles. The minimum absolute atomic E-state index is 0.0909. The highest BCUT2D eigenvalue weighted by atomic mass is 16.5. The molecule has 0 bridgehead atoms. The molecule has 8 nitrogen and oxygen atoms in total. The molecule has 1 unspecified atom stereocenters. The van der Waals surface area contributed by atoms with Crippen molar-refractivity contribution in [2.45, 2.75) is 26.9 Å². The lowest BCUT2D eigenvalue weighted by molar-refractivity contribution is -0.0267. The zero-order chi connectivity index (χ0) is 15.0. The lowest BCUT2D eigenvalue weighted by Gasteiger charge is -2.31. The highest BCUT2D eigenvalue weighted by Gasteiger charge is 2.31. The van der Waals surface area contributed by atoms with Crippen LogP contribution in [0.15, 0.2) is 4.52 Å². The summed E-state index contributed by atoms with van der Waals surface area (Å²) >= 11 is 0. The van der Waals surface area contributed by atoms with Crippen LogP contribution in [0, 0.1) is 20.8 Å². The molecule has 0 aromatic carbocycles. The van der Waals surface area contributed by atoms with Gasteiger partial charge in [0.05, 0.1) is 18.8 Å². The number of H-pyrrole nitrogens is 1. The van der Waals surface area contributed by atoms with E-state index in [0.717, 1.165) is 5.82 Å². The van der Waals surface area contributed by atoms with Gasteiger partial charge in [-0.05, 0) is 20.8 Å². The van der Waals surface area contributed by atoms with Gasteiger partial charge in [0.25, 0.3) is 5.91 Å². The van der Waals surface area contributed by atoms with Gasteiger partial charge in [-0.25, -0.2) is 4.98 Å². The number of aromatic amines is 1. The average molecular weight is 291 g/mol. The molecule has 1 fully saturated rings. The maximum absolute atomic E-state index is 12.6. The Bertz CT molecular complexity index is 643. The van der Waals surface area contributed by atoms with Crippen molar-refractivity contribution < 1.29 is 14.1 Å². The van der Waals surface area contributed by atoms with Crippen molar-refractivity contribution in [2.75, 3.05) is 19.7 Å². The summed E-state index contributed by atoms with van der Waals surface area (Å²) in [5.74, 6) is 1.74. The fourth-order valence-electron chi connectivity index (χ4n) is 2.44. The van der Waals surface area contributed by atoms with Crippen molar-refractivity contribution in [3.05, 3.63) is 28.7 Å². The van der Waals surface area contributed by atoms with Gasteiger partial charge >= 0.3 is 0 Å². The van der Waals surface area contributed by atoms with E-state index in [1.54, 1.807) is 18.7 Å². The van der Waals surface area contributed by atoms with E-state index in [1.165, 1.54) is 0 Å². The van der Waals surface area contributed by atoms with E-state index in [1.807, 2.05) is 6.92 Å². The second kappa shape index (κ2) is 5.28. The number of aromatic nitrogens is 4. The summed E-state index contributed by atoms with van der Waals surface area (Å²) in [6.45, 7) is 6.73. The normalized spacial score (nSPS) is 19.0. The Morgan fingerprint density at radius 2 is 2.19 bits per heavy atom.